The lowest BCUT2D eigenvalue weighted by molar-refractivity contribution is -0.128. The van der Waals surface area contributed by atoms with Crippen molar-refractivity contribution in [2.24, 2.45) is 5.41 Å². The first-order chi connectivity index (χ1) is 7.27. The van der Waals surface area contributed by atoms with Gasteiger partial charge in [0.1, 0.15) is 5.78 Å². The summed E-state index contributed by atoms with van der Waals surface area (Å²) in [5.74, 6) is 0.0380. The van der Waals surface area contributed by atoms with Gasteiger partial charge < -0.3 is 9.29 Å². The average molecular weight is 247 g/mol. The lowest BCUT2D eigenvalue weighted by Crippen LogP contribution is -2.25. The molecule has 0 aliphatic rings. The van der Waals surface area contributed by atoms with E-state index in [-0.39, 0.29) is 24.1 Å². The van der Waals surface area contributed by atoms with Crippen LogP contribution in [0.15, 0.2) is 12.2 Å². The molecule has 2 atom stereocenters. The molecule has 2 unspecified atom stereocenters. The summed E-state index contributed by atoms with van der Waals surface area (Å²) in [6.45, 7) is 5.54. The molecule has 0 saturated carbocycles. The minimum atomic E-state index is -2.09. The van der Waals surface area contributed by atoms with Gasteiger partial charge in [-0.25, -0.2) is 0 Å². The molecule has 0 aliphatic heterocycles. The highest BCUT2D eigenvalue weighted by Gasteiger charge is 2.23. The molecular weight excluding hydrogens is 228 g/mol. The molecule has 0 radical (unpaired) electrons. The predicted molar refractivity (Wildman–Crippen MR) is 62.8 cm³/mol. The molecule has 0 aromatic rings. The molecule has 0 fully saturated rings. The first-order valence-corrected chi connectivity index (χ1v) is 6.30. The van der Waals surface area contributed by atoms with Crippen molar-refractivity contribution >= 4 is 16.9 Å². The number of methoxy groups -OCH3 is 1. The van der Waals surface area contributed by atoms with Crippen molar-refractivity contribution in [2.75, 3.05) is 12.9 Å². The quantitative estimate of drug-likeness (QED) is 0.526. The molecule has 5 heteroatoms. The van der Waals surface area contributed by atoms with Gasteiger partial charge in [-0.2, -0.15) is 0 Å². The second-order valence-corrected chi connectivity index (χ2v) is 5.49. The molecule has 94 valence electrons. The van der Waals surface area contributed by atoms with Crippen LogP contribution < -0.4 is 0 Å². The molecule has 0 spiro atoms. The Labute approximate surface area is 99.4 Å². The standard InChI is InChI=1S/C11H20O4S/c1-11(2,3)10(12)8-9(15-4)6-5-7-16(13)14/h5-6,9H,7-8H2,1-4H3,(H,13,14)/p-1/b6-5-. The lowest BCUT2D eigenvalue weighted by atomic mass is 9.87. The Bertz CT molecular complexity index is 278. The number of ether oxygens (including phenoxy) is 1. The third-order valence-corrected chi connectivity index (χ3v) is 2.57. The van der Waals surface area contributed by atoms with Crippen LogP contribution in [0, 0.1) is 5.41 Å². The first kappa shape index (κ1) is 15.5. The first-order valence-electron chi connectivity index (χ1n) is 5.06. The third-order valence-electron chi connectivity index (χ3n) is 2.11. The minimum absolute atomic E-state index is 0.0520. The summed E-state index contributed by atoms with van der Waals surface area (Å²) in [5.41, 5.74) is -0.397. The number of hydrogen-bond acceptors (Lipinski definition) is 4. The molecule has 0 rings (SSSR count). The van der Waals surface area contributed by atoms with E-state index >= 15 is 0 Å². The highest BCUT2D eigenvalue weighted by atomic mass is 32.2. The van der Waals surface area contributed by atoms with Gasteiger partial charge in [-0.3, -0.25) is 9.00 Å². The van der Waals surface area contributed by atoms with Crippen LogP contribution in [-0.4, -0.2) is 33.5 Å². The van der Waals surface area contributed by atoms with E-state index in [0.29, 0.717) is 0 Å². The Kier molecular flexibility index (Phi) is 6.71. The SMILES string of the molecule is COC(/C=C\CS(=O)[O-])CC(=O)C(C)(C)C. The van der Waals surface area contributed by atoms with Gasteiger partial charge in [-0.1, -0.05) is 44.0 Å². The van der Waals surface area contributed by atoms with E-state index in [1.54, 1.807) is 6.08 Å². The largest absolute Gasteiger partial charge is 0.772 e. The van der Waals surface area contributed by atoms with Crippen molar-refractivity contribution in [3.63, 3.8) is 0 Å². The van der Waals surface area contributed by atoms with Crippen molar-refractivity contribution in [1.82, 2.24) is 0 Å². The Hall–Kier alpha value is -0.520. The Morgan fingerprint density at radius 2 is 2.06 bits per heavy atom. The van der Waals surface area contributed by atoms with Crippen molar-refractivity contribution in [3.8, 4) is 0 Å². The van der Waals surface area contributed by atoms with E-state index < -0.39 is 16.5 Å². The number of hydrogen-bond donors (Lipinski definition) is 0. The van der Waals surface area contributed by atoms with Gasteiger partial charge in [0, 0.05) is 24.7 Å². The molecule has 16 heavy (non-hydrogen) atoms. The molecule has 0 saturated heterocycles. The van der Waals surface area contributed by atoms with Crippen molar-refractivity contribution < 1.29 is 18.3 Å². The van der Waals surface area contributed by atoms with E-state index in [1.165, 1.54) is 13.2 Å². The zero-order valence-corrected chi connectivity index (χ0v) is 11.0. The van der Waals surface area contributed by atoms with Gasteiger partial charge in [0.05, 0.1) is 6.10 Å². The van der Waals surface area contributed by atoms with Gasteiger partial charge >= 0.3 is 0 Å². The second kappa shape index (κ2) is 6.93. The fraction of sp³-hybridized carbons (Fsp3) is 0.727. The summed E-state index contributed by atoms with van der Waals surface area (Å²) < 4.78 is 25.7. The number of carbonyl (C=O) groups is 1. The number of rotatable bonds is 6. The van der Waals surface area contributed by atoms with Crippen LogP contribution in [0.2, 0.25) is 0 Å². The van der Waals surface area contributed by atoms with Gasteiger partial charge in [0.25, 0.3) is 0 Å². The minimum Gasteiger partial charge on any atom is -0.772 e. The molecule has 0 N–H and O–H groups in total. The predicted octanol–water partition coefficient (Wildman–Crippen LogP) is 1.44. The Morgan fingerprint density at radius 1 is 1.50 bits per heavy atom. The fourth-order valence-corrected chi connectivity index (χ4v) is 1.27. The van der Waals surface area contributed by atoms with Crippen LogP contribution in [0.1, 0.15) is 27.2 Å². The van der Waals surface area contributed by atoms with Crippen LogP contribution in [0.4, 0.5) is 0 Å². The third kappa shape index (κ3) is 6.87. The molecule has 0 aromatic carbocycles. The normalized spacial score (nSPS) is 16.3. The maximum atomic E-state index is 11.7. The monoisotopic (exact) mass is 247 g/mol. The van der Waals surface area contributed by atoms with Crippen molar-refractivity contribution in [1.29, 1.82) is 0 Å². The van der Waals surface area contributed by atoms with Gasteiger partial charge in [0.15, 0.2) is 0 Å². The summed E-state index contributed by atoms with van der Waals surface area (Å²) in [7, 11) is 1.50. The maximum Gasteiger partial charge on any atom is 0.141 e. The molecule has 0 amide bonds. The molecule has 0 bridgehead atoms. The van der Waals surface area contributed by atoms with Crippen LogP contribution in [0.25, 0.3) is 0 Å². The van der Waals surface area contributed by atoms with E-state index in [1.807, 2.05) is 20.8 Å². The number of ketones is 1. The molecule has 4 nitrogen and oxygen atoms in total. The molecular formula is C11H19O4S-. The smallest absolute Gasteiger partial charge is 0.141 e. The van der Waals surface area contributed by atoms with E-state index in [4.69, 9.17) is 4.74 Å². The van der Waals surface area contributed by atoms with Crippen molar-refractivity contribution in [3.05, 3.63) is 12.2 Å². The topological polar surface area (TPSA) is 66.4 Å². The number of Topliss-reactive ketones (excluding diaryl/α,β-unsaturated/α-hetero) is 1. The van der Waals surface area contributed by atoms with Gasteiger partial charge in [-0.05, 0) is 0 Å². The molecule has 0 aromatic heterocycles. The highest BCUT2D eigenvalue weighted by molar-refractivity contribution is 7.79. The van der Waals surface area contributed by atoms with Crippen LogP contribution in [0.5, 0.6) is 0 Å². The maximum absolute atomic E-state index is 11.7. The summed E-state index contributed by atoms with van der Waals surface area (Å²) in [6, 6.07) is 0. The van der Waals surface area contributed by atoms with E-state index in [2.05, 4.69) is 0 Å². The summed E-state index contributed by atoms with van der Waals surface area (Å²) in [4.78, 5) is 11.7. The zero-order chi connectivity index (χ0) is 12.8. The van der Waals surface area contributed by atoms with E-state index in [9.17, 15) is 13.6 Å². The van der Waals surface area contributed by atoms with Crippen molar-refractivity contribution in [2.45, 2.75) is 33.3 Å². The average Bonchev–Trinajstić information content (AvgIpc) is 2.13. The van der Waals surface area contributed by atoms with Crippen LogP contribution >= 0.6 is 0 Å². The Morgan fingerprint density at radius 3 is 2.44 bits per heavy atom. The van der Waals surface area contributed by atoms with E-state index in [0.717, 1.165) is 0 Å². The fourth-order valence-electron chi connectivity index (χ4n) is 1.00. The summed E-state index contributed by atoms with van der Waals surface area (Å²) in [5, 5.41) is 0. The zero-order valence-electron chi connectivity index (χ0n) is 10.2. The summed E-state index contributed by atoms with van der Waals surface area (Å²) in [6.07, 6.45) is 3.02. The Balaban J connectivity index is 4.26. The van der Waals surface area contributed by atoms with Crippen LogP contribution in [-0.2, 0) is 20.6 Å². The molecule has 0 aliphatic carbocycles. The van der Waals surface area contributed by atoms with Gasteiger partial charge in [-0.15, -0.1) is 0 Å². The second-order valence-electron chi connectivity index (χ2n) is 4.55. The lowest BCUT2D eigenvalue weighted by Gasteiger charge is -2.19. The van der Waals surface area contributed by atoms with Crippen LogP contribution in [0.3, 0.4) is 0 Å². The molecule has 0 heterocycles. The highest BCUT2D eigenvalue weighted by Crippen LogP contribution is 2.18. The van der Waals surface area contributed by atoms with Gasteiger partial charge in [0.2, 0.25) is 0 Å². The summed E-state index contributed by atoms with van der Waals surface area (Å²) >= 11 is -2.09. The number of carbonyl (C=O) groups excluding carboxylic acids is 1.